The Kier molecular flexibility index (Phi) is 4.14. The van der Waals surface area contributed by atoms with Crippen molar-refractivity contribution in [1.82, 2.24) is 10.4 Å². The zero-order valence-electron chi connectivity index (χ0n) is 11.5. The standard InChI is InChI=1S/C15H19N3O/c1-10-4-9-14(11(2)17-10)15(18-16)12-5-7-13(19-3)8-6-12/h4-9,15,18H,16H2,1-3H3. The maximum absolute atomic E-state index is 5.71. The number of ether oxygens (including phenoxy) is 1. The van der Waals surface area contributed by atoms with Gasteiger partial charge in [0.2, 0.25) is 0 Å². The van der Waals surface area contributed by atoms with Gasteiger partial charge in [-0.05, 0) is 43.2 Å². The van der Waals surface area contributed by atoms with Crippen molar-refractivity contribution in [3.8, 4) is 5.75 Å². The van der Waals surface area contributed by atoms with Crippen molar-refractivity contribution in [2.24, 2.45) is 5.84 Å². The molecule has 4 heteroatoms. The number of hydrogen-bond donors (Lipinski definition) is 2. The van der Waals surface area contributed by atoms with Crippen LogP contribution in [0.1, 0.15) is 28.6 Å². The Morgan fingerprint density at radius 1 is 1.11 bits per heavy atom. The Morgan fingerprint density at radius 2 is 1.79 bits per heavy atom. The van der Waals surface area contributed by atoms with E-state index in [0.29, 0.717) is 0 Å². The summed E-state index contributed by atoms with van der Waals surface area (Å²) in [6, 6.07) is 11.8. The van der Waals surface area contributed by atoms with E-state index >= 15 is 0 Å². The lowest BCUT2D eigenvalue weighted by atomic mass is 9.98. The van der Waals surface area contributed by atoms with E-state index in [9.17, 15) is 0 Å². The molecule has 0 saturated carbocycles. The number of pyridine rings is 1. The molecule has 0 amide bonds. The third-order valence-corrected chi connectivity index (χ3v) is 3.19. The second-order valence-electron chi connectivity index (χ2n) is 4.50. The molecule has 2 rings (SSSR count). The summed E-state index contributed by atoms with van der Waals surface area (Å²) in [6.45, 7) is 3.98. The van der Waals surface area contributed by atoms with Crippen LogP contribution in [0.4, 0.5) is 0 Å². The summed E-state index contributed by atoms with van der Waals surface area (Å²) in [6.07, 6.45) is 0. The van der Waals surface area contributed by atoms with E-state index in [2.05, 4.69) is 16.5 Å². The van der Waals surface area contributed by atoms with Crippen molar-refractivity contribution in [3.05, 3.63) is 58.9 Å². The molecule has 0 saturated heterocycles. The third-order valence-electron chi connectivity index (χ3n) is 3.19. The normalized spacial score (nSPS) is 12.2. The lowest BCUT2D eigenvalue weighted by molar-refractivity contribution is 0.414. The first-order valence-corrected chi connectivity index (χ1v) is 6.20. The Morgan fingerprint density at radius 3 is 2.32 bits per heavy atom. The van der Waals surface area contributed by atoms with Crippen LogP contribution >= 0.6 is 0 Å². The summed E-state index contributed by atoms with van der Waals surface area (Å²) in [7, 11) is 1.65. The minimum absolute atomic E-state index is 0.0704. The monoisotopic (exact) mass is 257 g/mol. The average Bonchev–Trinajstić information content (AvgIpc) is 2.42. The fraction of sp³-hybridized carbons (Fsp3) is 0.267. The Balaban J connectivity index is 2.37. The van der Waals surface area contributed by atoms with Gasteiger partial charge in [0.05, 0.1) is 13.2 Å². The molecule has 0 aliphatic rings. The largest absolute Gasteiger partial charge is 0.497 e. The van der Waals surface area contributed by atoms with E-state index in [1.807, 2.05) is 44.2 Å². The van der Waals surface area contributed by atoms with Crippen molar-refractivity contribution >= 4 is 0 Å². The van der Waals surface area contributed by atoms with Gasteiger partial charge in [-0.25, -0.2) is 5.43 Å². The number of hydrogen-bond acceptors (Lipinski definition) is 4. The molecule has 1 unspecified atom stereocenters. The van der Waals surface area contributed by atoms with Gasteiger partial charge in [0.1, 0.15) is 5.75 Å². The van der Waals surface area contributed by atoms with Gasteiger partial charge in [0.15, 0.2) is 0 Å². The Hall–Kier alpha value is -1.91. The van der Waals surface area contributed by atoms with E-state index in [1.54, 1.807) is 7.11 Å². The lowest BCUT2D eigenvalue weighted by Gasteiger charge is -2.19. The number of nitrogens with one attached hydrogen (secondary N) is 1. The summed E-state index contributed by atoms with van der Waals surface area (Å²) < 4.78 is 5.16. The van der Waals surface area contributed by atoms with Crippen molar-refractivity contribution in [2.75, 3.05) is 7.11 Å². The number of rotatable bonds is 4. The molecule has 0 bridgehead atoms. The highest BCUT2D eigenvalue weighted by Gasteiger charge is 2.15. The highest BCUT2D eigenvalue weighted by atomic mass is 16.5. The molecule has 100 valence electrons. The maximum Gasteiger partial charge on any atom is 0.118 e. The molecule has 1 heterocycles. The summed E-state index contributed by atoms with van der Waals surface area (Å²) in [5.74, 6) is 6.54. The van der Waals surface area contributed by atoms with Crippen LogP contribution in [-0.4, -0.2) is 12.1 Å². The zero-order valence-corrected chi connectivity index (χ0v) is 11.5. The quantitative estimate of drug-likeness (QED) is 0.651. The second kappa shape index (κ2) is 5.82. The molecular weight excluding hydrogens is 238 g/mol. The van der Waals surface area contributed by atoms with Crippen LogP contribution < -0.4 is 16.0 Å². The zero-order chi connectivity index (χ0) is 13.8. The summed E-state index contributed by atoms with van der Waals surface area (Å²) >= 11 is 0. The fourth-order valence-electron chi connectivity index (χ4n) is 2.16. The van der Waals surface area contributed by atoms with Crippen LogP contribution in [0.15, 0.2) is 36.4 Å². The van der Waals surface area contributed by atoms with Crippen LogP contribution in [0.2, 0.25) is 0 Å². The van der Waals surface area contributed by atoms with Gasteiger partial charge in [-0.1, -0.05) is 18.2 Å². The summed E-state index contributed by atoms with van der Waals surface area (Å²) in [5.41, 5.74) is 7.01. The van der Waals surface area contributed by atoms with Crippen molar-refractivity contribution in [2.45, 2.75) is 19.9 Å². The van der Waals surface area contributed by atoms with Gasteiger partial charge in [-0.15, -0.1) is 0 Å². The number of nitrogens with zero attached hydrogens (tertiary/aromatic N) is 1. The number of benzene rings is 1. The highest BCUT2D eigenvalue weighted by Crippen LogP contribution is 2.25. The third kappa shape index (κ3) is 2.92. The van der Waals surface area contributed by atoms with Crippen LogP contribution in [0.3, 0.4) is 0 Å². The number of aryl methyl sites for hydroxylation is 2. The van der Waals surface area contributed by atoms with Crippen LogP contribution in [0.25, 0.3) is 0 Å². The topological polar surface area (TPSA) is 60.2 Å². The summed E-state index contributed by atoms with van der Waals surface area (Å²) in [4.78, 5) is 4.48. The van der Waals surface area contributed by atoms with Crippen LogP contribution in [0.5, 0.6) is 5.75 Å². The first kappa shape index (κ1) is 13.5. The van der Waals surface area contributed by atoms with Gasteiger partial charge in [0.25, 0.3) is 0 Å². The molecule has 0 aliphatic heterocycles. The molecule has 0 spiro atoms. The summed E-state index contributed by atoms with van der Waals surface area (Å²) in [5, 5.41) is 0. The smallest absolute Gasteiger partial charge is 0.118 e. The molecular formula is C15H19N3O. The van der Waals surface area contributed by atoms with E-state index < -0.39 is 0 Å². The fourth-order valence-corrected chi connectivity index (χ4v) is 2.16. The number of aromatic nitrogens is 1. The van der Waals surface area contributed by atoms with E-state index in [-0.39, 0.29) is 6.04 Å². The molecule has 0 fully saturated rings. The first-order chi connectivity index (χ1) is 9.15. The van der Waals surface area contributed by atoms with E-state index in [0.717, 1.165) is 28.3 Å². The molecule has 2 aromatic rings. The second-order valence-corrected chi connectivity index (χ2v) is 4.50. The van der Waals surface area contributed by atoms with Crippen LogP contribution in [0, 0.1) is 13.8 Å². The predicted octanol–water partition coefficient (Wildman–Crippen LogP) is 2.26. The van der Waals surface area contributed by atoms with E-state index in [1.165, 1.54) is 0 Å². The average molecular weight is 257 g/mol. The maximum atomic E-state index is 5.71. The SMILES string of the molecule is COc1ccc(C(NN)c2ccc(C)nc2C)cc1. The lowest BCUT2D eigenvalue weighted by Crippen LogP contribution is -2.29. The number of hydrazine groups is 1. The molecule has 1 aromatic heterocycles. The highest BCUT2D eigenvalue weighted by molar-refractivity contribution is 5.37. The van der Waals surface area contributed by atoms with Crippen molar-refractivity contribution in [3.63, 3.8) is 0 Å². The molecule has 0 aliphatic carbocycles. The molecule has 4 nitrogen and oxygen atoms in total. The first-order valence-electron chi connectivity index (χ1n) is 6.20. The van der Waals surface area contributed by atoms with Crippen molar-refractivity contribution < 1.29 is 4.74 Å². The van der Waals surface area contributed by atoms with Gasteiger partial charge in [-0.3, -0.25) is 10.8 Å². The van der Waals surface area contributed by atoms with Gasteiger partial charge in [0, 0.05) is 11.4 Å². The van der Waals surface area contributed by atoms with Crippen LogP contribution in [-0.2, 0) is 0 Å². The Bertz CT molecular complexity index is 552. The molecule has 19 heavy (non-hydrogen) atoms. The van der Waals surface area contributed by atoms with Crippen molar-refractivity contribution in [1.29, 1.82) is 0 Å². The molecule has 1 atom stereocenters. The molecule has 3 N–H and O–H groups in total. The molecule has 1 aromatic carbocycles. The number of nitrogens with two attached hydrogens (primary N) is 1. The minimum atomic E-state index is -0.0704. The molecule has 0 radical (unpaired) electrons. The Labute approximate surface area is 113 Å². The van der Waals surface area contributed by atoms with E-state index in [4.69, 9.17) is 10.6 Å². The minimum Gasteiger partial charge on any atom is -0.497 e. The number of methoxy groups -OCH3 is 1. The van der Waals surface area contributed by atoms with Gasteiger partial charge < -0.3 is 4.74 Å². The van der Waals surface area contributed by atoms with Gasteiger partial charge in [-0.2, -0.15) is 0 Å². The predicted molar refractivity (Wildman–Crippen MR) is 75.9 cm³/mol. The van der Waals surface area contributed by atoms with Gasteiger partial charge >= 0.3 is 0 Å².